The van der Waals surface area contributed by atoms with Crippen molar-refractivity contribution in [3.63, 3.8) is 0 Å². The Labute approximate surface area is 119 Å². The average molecular weight is 271 g/mol. The third kappa shape index (κ3) is 2.91. The average Bonchev–Trinajstić information content (AvgIpc) is 2.48. The van der Waals surface area contributed by atoms with Gasteiger partial charge in [-0.3, -0.25) is 4.79 Å². The van der Waals surface area contributed by atoms with E-state index in [1.165, 1.54) is 10.8 Å². The van der Waals surface area contributed by atoms with Gasteiger partial charge in [0, 0.05) is 24.2 Å². The number of carbonyl (C=O) groups is 1. The highest BCUT2D eigenvalue weighted by Gasteiger charge is 2.18. The minimum absolute atomic E-state index is 0.328. The van der Waals surface area contributed by atoms with Crippen LogP contribution in [0.3, 0.4) is 0 Å². The number of nitrogens with one attached hydrogen (secondary N) is 1. The van der Waals surface area contributed by atoms with E-state index in [2.05, 4.69) is 41.4 Å². The Balaban J connectivity index is 2.37. The van der Waals surface area contributed by atoms with Crippen molar-refractivity contribution >= 4 is 22.4 Å². The minimum atomic E-state index is -0.353. The van der Waals surface area contributed by atoms with E-state index < -0.39 is 0 Å². The van der Waals surface area contributed by atoms with Crippen LogP contribution in [-0.2, 0) is 4.79 Å². The summed E-state index contributed by atoms with van der Waals surface area (Å²) in [5.74, 6) is -0.328. The van der Waals surface area contributed by atoms with Gasteiger partial charge in [0.15, 0.2) is 0 Å². The molecule has 0 fully saturated rings. The summed E-state index contributed by atoms with van der Waals surface area (Å²) >= 11 is 0. The molecule has 20 heavy (non-hydrogen) atoms. The number of nitrogens with two attached hydrogens (primary N) is 1. The summed E-state index contributed by atoms with van der Waals surface area (Å²) < 4.78 is 0. The van der Waals surface area contributed by atoms with Gasteiger partial charge in [-0.15, -0.1) is 0 Å². The highest BCUT2D eigenvalue weighted by Crippen LogP contribution is 2.26. The zero-order valence-corrected chi connectivity index (χ0v) is 12.0. The Bertz CT molecular complexity index is 592. The molecule has 106 valence electrons. The first-order valence-electron chi connectivity index (χ1n) is 6.86. The number of anilines is 1. The van der Waals surface area contributed by atoms with Gasteiger partial charge in [-0.1, -0.05) is 36.4 Å². The van der Waals surface area contributed by atoms with Crippen molar-refractivity contribution in [3.8, 4) is 0 Å². The van der Waals surface area contributed by atoms with Crippen molar-refractivity contribution < 1.29 is 4.79 Å². The summed E-state index contributed by atoms with van der Waals surface area (Å²) in [7, 11) is 1.76. The molecule has 1 unspecified atom stereocenters. The van der Waals surface area contributed by atoms with Gasteiger partial charge in [0.05, 0.1) is 0 Å². The van der Waals surface area contributed by atoms with E-state index in [0.29, 0.717) is 6.54 Å². The lowest BCUT2D eigenvalue weighted by atomic mass is 10.1. The smallest absolute Gasteiger partial charge is 0.236 e. The molecular formula is C16H21N3O. The number of primary amides is 1. The highest BCUT2D eigenvalue weighted by atomic mass is 16.1. The summed E-state index contributed by atoms with van der Waals surface area (Å²) in [6.45, 7) is 3.46. The predicted molar refractivity (Wildman–Crippen MR) is 83.9 cm³/mol. The second-order valence-electron chi connectivity index (χ2n) is 4.78. The first-order chi connectivity index (χ1) is 9.67. The van der Waals surface area contributed by atoms with E-state index in [9.17, 15) is 4.79 Å². The molecule has 4 nitrogen and oxygen atoms in total. The largest absolute Gasteiger partial charge is 0.369 e. The van der Waals surface area contributed by atoms with Gasteiger partial charge in [-0.25, -0.2) is 0 Å². The van der Waals surface area contributed by atoms with Crippen LogP contribution in [0.2, 0.25) is 0 Å². The second-order valence-corrected chi connectivity index (χ2v) is 4.78. The minimum Gasteiger partial charge on any atom is -0.369 e. The van der Waals surface area contributed by atoms with Crippen LogP contribution in [0.1, 0.15) is 6.92 Å². The molecule has 1 atom stereocenters. The molecule has 2 rings (SSSR count). The number of rotatable bonds is 6. The lowest BCUT2D eigenvalue weighted by Gasteiger charge is -2.28. The van der Waals surface area contributed by atoms with E-state index in [4.69, 9.17) is 5.73 Å². The maximum Gasteiger partial charge on any atom is 0.236 e. The van der Waals surface area contributed by atoms with Crippen molar-refractivity contribution in [3.05, 3.63) is 42.5 Å². The van der Waals surface area contributed by atoms with Crippen LogP contribution in [-0.4, -0.2) is 32.1 Å². The van der Waals surface area contributed by atoms with Crippen LogP contribution in [0, 0.1) is 0 Å². The van der Waals surface area contributed by atoms with Gasteiger partial charge in [0.25, 0.3) is 0 Å². The predicted octanol–water partition coefficient (Wildman–Crippen LogP) is 1.74. The van der Waals surface area contributed by atoms with Crippen molar-refractivity contribution in [2.45, 2.75) is 13.0 Å². The number of hydrogen-bond donors (Lipinski definition) is 2. The normalized spacial score (nSPS) is 12.3. The van der Waals surface area contributed by atoms with Crippen LogP contribution < -0.4 is 16.0 Å². The molecule has 3 N–H and O–H groups in total. The molecular weight excluding hydrogens is 250 g/mol. The monoisotopic (exact) mass is 271 g/mol. The van der Waals surface area contributed by atoms with E-state index in [1.54, 1.807) is 7.05 Å². The zero-order valence-electron chi connectivity index (χ0n) is 12.0. The van der Waals surface area contributed by atoms with E-state index in [1.807, 2.05) is 18.2 Å². The summed E-state index contributed by atoms with van der Waals surface area (Å²) in [6, 6.07) is 14.1. The van der Waals surface area contributed by atoms with Crippen LogP contribution in [0.5, 0.6) is 0 Å². The molecule has 0 aliphatic rings. The number of likely N-dealkylation sites (N-methyl/N-ethyl adjacent to an activating group) is 2. The summed E-state index contributed by atoms with van der Waals surface area (Å²) in [5, 5.41) is 5.36. The van der Waals surface area contributed by atoms with Crippen LogP contribution in [0.4, 0.5) is 5.69 Å². The van der Waals surface area contributed by atoms with Crippen LogP contribution >= 0.6 is 0 Å². The summed E-state index contributed by atoms with van der Waals surface area (Å²) in [4.78, 5) is 13.6. The Kier molecular flexibility index (Phi) is 4.58. The van der Waals surface area contributed by atoms with E-state index in [0.717, 1.165) is 12.2 Å². The standard InChI is InChI=1S/C16H21N3O/c1-3-19(11-14(18-2)16(17)20)15-10-6-8-12-7-4-5-9-13(12)15/h4-10,14,18H,3,11H2,1-2H3,(H2,17,20). The number of hydrogen-bond acceptors (Lipinski definition) is 3. The van der Waals surface area contributed by atoms with Crippen molar-refractivity contribution in [1.82, 2.24) is 5.32 Å². The Morgan fingerprint density at radius 3 is 2.60 bits per heavy atom. The number of benzene rings is 2. The Hall–Kier alpha value is -2.07. The molecule has 0 aliphatic carbocycles. The number of amides is 1. The molecule has 0 aliphatic heterocycles. The summed E-state index contributed by atoms with van der Waals surface area (Å²) in [6.07, 6.45) is 0. The Morgan fingerprint density at radius 2 is 1.95 bits per heavy atom. The fourth-order valence-electron chi connectivity index (χ4n) is 2.43. The lowest BCUT2D eigenvalue weighted by Crippen LogP contribution is -2.47. The van der Waals surface area contributed by atoms with Crippen molar-refractivity contribution in [2.75, 3.05) is 25.0 Å². The van der Waals surface area contributed by atoms with Crippen molar-refractivity contribution in [1.29, 1.82) is 0 Å². The van der Waals surface area contributed by atoms with Gasteiger partial charge in [-0.2, -0.15) is 0 Å². The molecule has 1 amide bonds. The summed E-state index contributed by atoms with van der Waals surface area (Å²) in [5.41, 5.74) is 6.54. The first kappa shape index (κ1) is 14.3. The number of fused-ring (bicyclic) bond motifs is 1. The van der Waals surface area contributed by atoms with Gasteiger partial charge in [0.1, 0.15) is 6.04 Å². The maximum atomic E-state index is 11.4. The quantitative estimate of drug-likeness (QED) is 0.841. The molecule has 4 heteroatoms. The highest BCUT2D eigenvalue weighted by molar-refractivity contribution is 5.94. The molecule has 0 heterocycles. The van der Waals surface area contributed by atoms with Gasteiger partial charge < -0.3 is 16.0 Å². The first-order valence-corrected chi connectivity index (χ1v) is 6.86. The zero-order chi connectivity index (χ0) is 14.5. The molecule has 0 saturated carbocycles. The molecule has 0 saturated heterocycles. The SMILES string of the molecule is CCN(CC(NC)C(N)=O)c1cccc2ccccc12. The molecule has 0 spiro atoms. The Morgan fingerprint density at radius 1 is 1.25 bits per heavy atom. The topological polar surface area (TPSA) is 58.4 Å². The number of carbonyl (C=O) groups excluding carboxylic acids is 1. The van der Waals surface area contributed by atoms with Crippen molar-refractivity contribution in [2.24, 2.45) is 5.73 Å². The molecule has 0 bridgehead atoms. The molecule has 2 aromatic rings. The van der Waals surface area contributed by atoms with E-state index >= 15 is 0 Å². The van der Waals surface area contributed by atoms with Gasteiger partial charge >= 0.3 is 0 Å². The van der Waals surface area contributed by atoms with Crippen LogP contribution in [0.25, 0.3) is 10.8 Å². The third-order valence-corrected chi connectivity index (χ3v) is 3.58. The molecule has 0 radical (unpaired) electrons. The van der Waals surface area contributed by atoms with E-state index in [-0.39, 0.29) is 11.9 Å². The van der Waals surface area contributed by atoms with Gasteiger partial charge in [-0.05, 0) is 25.4 Å². The lowest BCUT2D eigenvalue weighted by molar-refractivity contribution is -0.119. The molecule has 0 aromatic heterocycles. The van der Waals surface area contributed by atoms with Crippen LogP contribution in [0.15, 0.2) is 42.5 Å². The fraction of sp³-hybridized carbons (Fsp3) is 0.312. The fourth-order valence-corrected chi connectivity index (χ4v) is 2.43. The molecule has 2 aromatic carbocycles. The van der Waals surface area contributed by atoms with Gasteiger partial charge in [0.2, 0.25) is 5.91 Å². The number of nitrogens with zero attached hydrogens (tertiary/aromatic N) is 1. The third-order valence-electron chi connectivity index (χ3n) is 3.58. The maximum absolute atomic E-state index is 11.4. The second kappa shape index (κ2) is 6.39.